The Balaban J connectivity index is 1.44. The van der Waals surface area contributed by atoms with Crippen molar-refractivity contribution in [2.24, 2.45) is 7.05 Å². The zero-order valence-electron chi connectivity index (χ0n) is 16.8. The molecule has 2 N–H and O–H groups in total. The summed E-state index contributed by atoms with van der Waals surface area (Å²) in [5.41, 5.74) is 1.13. The summed E-state index contributed by atoms with van der Waals surface area (Å²) in [6.07, 6.45) is 3.12. The Morgan fingerprint density at radius 2 is 2.10 bits per heavy atom. The zero-order valence-corrected chi connectivity index (χ0v) is 16.8. The second-order valence-corrected chi connectivity index (χ2v) is 8.23. The summed E-state index contributed by atoms with van der Waals surface area (Å²) in [6, 6.07) is 6.58. The van der Waals surface area contributed by atoms with Gasteiger partial charge in [0.15, 0.2) is 5.82 Å². The van der Waals surface area contributed by atoms with Crippen molar-refractivity contribution in [3.05, 3.63) is 40.9 Å². The number of benzene rings is 1. The standard InChI is InChI=1S/C21H23FN6O2/c1-27-10-23-16-8-12(18(29)9-13(16)21(27)30)14-5-6-19(26-25-14)28(2)17-7-11-3-4-15(24-11)20(17)22/h5-6,8-11,15,17,20,24,29H,3-4,7H2,1-2H3/t11?,15?,17-,20+/m1/s1. The zero-order chi connectivity index (χ0) is 21.0. The Hall–Kier alpha value is -3.07. The minimum atomic E-state index is -0.951. The second-order valence-electron chi connectivity index (χ2n) is 8.23. The number of aromatic nitrogens is 4. The van der Waals surface area contributed by atoms with Gasteiger partial charge in [-0.1, -0.05) is 0 Å². The molecule has 0 amide bonds. The predicted octanol–water partition coefficient (Wildman–Crippen LogP) is 1.76. The summed E-state index contributed by atoms with van der Waals surface area (Å²) < 4.78 is 16.2. The van der Waals surface area contributed by atoms with Gasteiger partial charge in [-0.05, 0) is 43.5 Å². The number of phenolic OH excluding ortho intramolecular Hbond substituents is 1. The number of aromatic hydroxyl groups is 1. The van der Waals surface area contributed by atoms with Gasteiger partial charge in [-0.3, -0.25) is 4.79 Å². The third kappa shape index (κ3) is 3.00. The molecule has 2 unspecified atom stereocenters. The van der Waals surface area contributed by atoms with Crippen LogP contribution in [0.4, 0.5) is 10.2 Å². The number of anilines is 1. The van der Waals surface area contributed by atoms with E-state index in [1.54, 1.807) is 25.2 Å². The number of phenols is 1. The highest BCUT2D eigenvalue weighted by Gasteiger charge is 2.43. The Labute approximate surface area is 172 Å². The number of alkyl halides is 1. The smallest absolute Gasteiger partial charge is 0.261 e. The molecule has 2 aliphatic rings. The number of piperidine rings is 1. The quantitative estimate of drug-likeness (QED) is 0.679. The Kier molecular flexibility index (Phi) is 4.43. The first-order valence-electron chi connectivity index (χ1n) is 10.1. The van der Waals surface area contributed by atoms with E-state index in [4.69, 9.17) is 0 Å². The molecular weight excluding hydrogens is 387 g/mol. The van der Waals surface area contributed by atoms with E-state index in [1.165, 1.54) is 17.0 Å². The number of hydrogen-bond donors (Lipinski definition) is 2. The van der Waals surface area contributed by atoms with Crippen LogP contribution in [0.1, 0.15) is 19.3 Å². The van der Waals surface area contributed by atoms with Gasteiger partial charge in [0.1, 0.15) is 11.9 Å². The SMILES string of the molecule is CN(c1ccc(-c2cc3ncn(C)c(=O)c3cc2O)nn1)[C@@H]1CC2CCC(N2)[C@@H]1F. The van der Waals surface area contributed by atoms with Gasteiger partial charge in [0.05, 0.1) is 29.0 Å². The van der Waals surface area contributed by atoms with Gasteiger partial charge in [-0.2, -0.15) is 0 Å². The summed E-state index contributed by atoms with van der Waals surface area (Å²) in [5.74, 6) is 0.515. The highest BCUT2D eigenvalue weighted by Crippen LogP contribution is 2.34. The molecule has 2 bridgehead atoms. The maximum Gasteiger partial charge on any atom is 0.261 e. The molecule has 2 aromatic heterocycles. The molecule has 156 valence electrons. The summed E-state index contributed by atoms with van der Waals surface area (Å²) in [6.45, 7) is 0. The maximum absolute atomic E-state index is 14.9. The van der Waals surface area contributed by atoms with E-state index in [0.29, 0.717) is 34.0 Å². The Morgan fingerprint density at radius 3 is 2.87 bits per heavy atom. The van der Waals surface area contributed by atoms with Crippen molar-refractivity contribution in [2.45, 2.75) is 43.6 Å². The van der Waals surface area contributed by atoms with Crippen molar-refractivity contribution in [3.8, 4) is 17.0 Å². The van der Waals surface area contributed by atoms with E-state index in [2.05, 4.69) is 20.5 Å². The molecule has 4 atom stereocenters. The molecule has 0 spiro atoms. The molecule has 5 rings (SSSR count). The van der Waals surface area contributed by atoms with Crippen LogP contribution in [0, 0.1) is 0 Å². The van der Waals surface area contributed by atoms with E-state index in [0.717, 1.165) is 19.3 Å². The molecule has 4 heterocycles. The van der Waals surface area contributed by atoms with Crippen LogP contribution >= 0.6 is 0 Å². The first kappa shape index (κ1) is 18.9. The summed E-state index contributed by atoms with van der Waals surface area (Å²) in [7, 11) is 3.45. The predicted molar refractivity (Wildman–Crippen MR) is 111 cm³/mol. The number of nitrogens with zero attached hydrogens (tertiary/aromatic N) is 5. The molecule has 9 heteroatoms. The normalized spacial score (nSPS) is 25.6. The molecule has 30 heavy (non-hydrogen) atoms. The van der Waals surface area contributed by atoms with Crippen molar-refractivity contribution >= 4 is 16.7 Å². The van der Waals surface area contributed by atoms with Crippen LogP contribution in [0.5, 0.6) is 5.75 Å². The van der Waals surface area contributed by atoms with Gasteiger partial charge in [0.25, 0.3) is 5.56 Å². The number of halogens is 1. The molecule has 2 fully saturated rings. The fourth-order valence-corrected chi connectivity index (χ4v) is 4.63. The third-order valence-electron chi connectivity index (χ3n) is 6.37. The van der Waals surface area contributed by atoms with Gasteiger partial charge < -0.3 is 19.9 Å². The number of nitrogens with one attached hydrogen (secondary N) is 1. The topological polar surface area (TPSA) is 96.2 Å². The van der Waals surface area contributed by atoms with Gasteiger partial charge >= 0.3 is 0 Å². The lowest BCUT2D eigenvalue weighted by atomic mass is 9.96. The van der Waals surface area contributed by atoms with Crippen LogP contribution < -0.4 is 15.8 Å². The van der Waals surface area contributed by atoms with Crippen molar-refractivity contribution in [1.29, 1.82) is 0 Å². The average Bonchev–Trinajstić information content (AvgIpc) is 3.17. The largest absolute Gasteiger partial charge is 0.507 e. The second kappa shape index (κ2) is 7.02. The number of fused-ring (bicyclic) bond motifs is 3. The van der Waals surface area contributed by atoms with Crippen molar-refractivity contribution in [2.75, 3.05) is 11.9 Å². The molecule has 0 aliphatic carbocycles. The van der Waals surface area contributed by atoms with Crippen LogP contribution in [0.3, 0.4) is 0 Å². The van der Waals surface area contributed by atoms with Crippen LogP contribution in [-0.2, 0) is 7.05 Å². The molecule has 8 nitrogen and oxygen atoms in total. The lowest BCUT2D eigenvalue weighted by Gasteiger charge is -2.38. The molecule has 2 aliphatic heterocycles. The minimum absolute atomic E-state index is 0.0678. The van der Waals surface area contributed by atoms with Gasteiger partial charge in [-0.25, -0.2) is 9.37 Å². The summed E-state index contributed by atoms with van der Waals surface area (Å²) in [5, 5.41) is 22.7. The average molecular weight is 410 g/mol. The fraction of sp³-hybridized carbons (Fsp3) is 0.429. The molecule has 0 radical (unpaired) electrons. The van der Waals surface area contributed by atoms with E-state index >= 15 is 0 Å². The van der Waals surface area contributed by atoms with Crippen molar-refractivity contribution in [3.63, 3.8) is 0 Å². The highest BCUT2D eigenvalue weighted by molar-refractivity contribution is 5.86. The van der Waals surface area contributed by atoms with Crippen molar-refractivity contribution < 1.29 is 9.50 Å². The van der Waals surface area contributed by atoms with E-state index in [-0.39, 0.29) is 23.4 Å². The van der Waals surface area contributed by atoms with Crippen LogP contribution in [0.2, 0.25) is 0 Å². The summed E-state index contributed by atoms with van der Waals surface area (Å²) >= 11 is 0. The maximum atomic E-state index is 14.9. The lowest BCUT2D eigenvalue weighted by molar-refractivity contribution is 0.176. The highest BCUT2D eigenvalue weighted by atomic mass is 19.1. The first-order chi connectivity index (χ1) is 14.4. The Bertz CT molecular complexity index is 1160. The van der Waals surface area contributed by atoms with Gasteiger partial charge in [0, 0.05) is 31.7 Å². The number of rotatable bonds is 3. The lowest BCUT2D eigenvalue weighted by Crippen LogP contribution is -2.55. The van der Waals surface area contributed by atoms with Crippen LogP contribution in [0.25, 0.3) is 22.2 Å². The third-order valence-corrected chi connectivity index (χ3v) is 6.37. The number of aryl methyl sites for hydroxylation is 1. The van der Waals surface area contributed by atoms with Crippen LogP contribution in [0.15, 0.2) is 35.4 Å². The minimum Gasteiger partial charge on any atom is -0.507 e. The van der Waals surface area contributed by atoms with E-state index in [1.807, 2.05) is 11.9 Å². The number of hydrogen-bond acceptors (Lipinski definition) is 7. The van der Waals surface area contributed by atoms with E-state index < -0.39 is 6.17 Å². The van der Waals surface area contributed by atoms with E-state index in [9.17, 15) is 14.3 Å². The first-order valence-corrected chi connectivity index (χ1v) is 10.1. The molecule has 2 saturated heterocycles. The molecule has 0 saturated carbocycles. The summed E-state index contributed by atoms with van der Waals surface area (Å²) in [4.78, 5) is 18.3. The fourth-order valence-electron chi connectivity index (χ4n) is 4.63. The monoisotopic (exact) mass is 410 g/mol. The van der Waals surface area contributed by atoms with Gasteiger partial charge in [0.2, 0.25) is 0 Å². The molecular formula is C21H23FN6O2. The Morgan fingerprint density at radius 1 is 1.27 bits per heavy atom. The van der Waals surface area contributed by atoms with Crippen LogP contribution in [-0.4, -0.2) is 56.2 Å². The van der Waals surface area contributed by atoms with Gasteiger partial charge in [-0.15, -0.1) is 10.2 Å². The van der Waals surface area contributed by atoms with Crippen molar-refractivity contribution in [1.82, 2.24) is 25.1 Å². The molecule has 1 aromatic carbocycles. The molecule has 3 aromatic rings.